The van der Waals surface area contributed by atoms with Crippen molar-refractivity contribution in [2.45, 2.75) is 13.1 Å². The van der Waals surface area contributed by atoms with Gasteiger partial charge >= 0.3 is 6.18 Å². The highest BCUT2D eigenvalue weighted by Gasteiger charge is 2.32. The van der Waals surface area contributed by atoms with Gasteiger partial charge in [0.2, 0.25) is 0 Å². The molecule has 4 aromatic rings. The summed E-state index contributed by atoms with van der Waals surface area (Å²) in [5.41, 5.74) is 2.67. The van der Waals surface area contributed by atoms with Gasteiger partial charge in [-0.3, -0.25) is 9.59 Å². The van der Waals surface area contributed by atoms with Crippen LogP contribution in [0.2, 0.25) is 5.02 Å². The van der Waals surface area contributed by atoms with Gasteiger partial charge in [0.1, 0.15) is 5.75 Å². The van der Waals surface area contributed by atoms with Crippen molar-refractivity contribution < 1.29 is 27.5 Å². The molecule has 41 heavy (non-hydrogen) atoms. The smallest absolute Gasteiger partial charge is 0.416 e. The van der Waals surface area contributed by atoms with E-state index in [2.05, 4.69) is 0 Å². The molecule has 0 radical (unpaired) electrons. The van der Waals surface area contributed by atoms with E-state index in [1.54, 1.807) is 18.1 Å². The van der Waals surface area contributed by atoms with Crippen LogP contribution < -0.4 is 4.74 Å². The number of aromatic nitrogens is 1. The number of methoxy groups -OCH3 is 1. The van der Waals surface area contributed by atoms with Crippen LogP contribution in [0, 0.1) is 6.92 Å². The predicted molar refractivity (Wildman–Crippen MR) is 151 cm³/mol. The van der Waals surface area contributed by atoms with Crippen LogP contribution >= 0.6 is 11.6 Å². The van der Waals surface area contributed by atoms with Crippen LogP contribution in [0.3, 0.4) is 0 Å². The molecule has 2 amide bonds. The molecular weight excluding hydrogens is 555 g/mol. The maximum atomic E-state index is 13.8. The van der Waals surface area contributed by atoms with Gasteiger partial charge in [0.15, 0.2) is 0 Å². The van der Waals surface area contributed by atoms with Gasteiger partial charge in [0.25, 0.3) is 11.8 Å². The summed E-state index contributed by atoms with van der Waals surface area (Å²) in [6, 6.07) is 21.1. The largest absolute Gasteiger partial charge is 0.497 e. The van der Waals surface area contributed by atoms with E-state index >= 15 is 0 Å². The molecule has 6 nitrogen and oxygen atoms in total. The molecule has 0 unspecified atom stereocenters. The second kappa shape index (κ2) is 11.3. The Morgan fingerprint density at radius 2 is 1.46 bits per heavy atom. The van der Waals surface area contributed by atoms with Gasteiger partial charge in [0, 0.05) is 37.4 Å². The summed E-state index contributed by atoms with van der Waals surface area (Å²) in [7, 11) is 1.59. The number of benzene rings is 3. The van der Waals surface area contributed by atoms with Gasteiger partial charge in [-0.15, -0.1) is 0 Å². The summed E-state index contributed by atoms with van der Waals surface area (Å²) in [5.74, 6) is 0.00968. The number of ether oxygens (including phenoxy) is 1. The minimum absolute atomic E-state index is 0.0311. The van der Waals surface area contributed by atoms with Crippen molar-refractivity contribution in [2.75, 3.05) is 33.3 Å². The summed E-state index contributed by atoms with van der Waals surface area (Å²) in [5, 5.41) is 0.529. The molecule has 10 heteroatoms. The topological polar surface area (TPSA) is 54.8 Å². The first kappa shape index (κ1) is 28.3. The van der Waals surface area contributed by atoms with Crippen LogP contribution in [-0.2, 0) is 6.18 Å². The van der Waals surface area contributed by atoms with E-state index in [1.165, 1.54) is 17.0 Å². The average molecular weight is 582 g/mol. The Morgan fingerprint density at radius 3 is 2.07 bits per heavy atom. The lowest BCUT2D eigenvalue weighted by Crippen LogP contribution is -2.50. The molecule has 0 spiro atoms. The maximum Gasteiger partial charge on any atom is 0.416 e. The zero-order valence-corrected chi connectivity index (χ0v) is 23.2. The van der Waals surface area contributed by atoms with Gasteiger partial charge in [-0.05, 0) is 73.2 Å². The number of alkyl halides is 3. The van der Waals surface area contributed by atoms with Crippen molar-refractivity contribution in [2.24, 2.45) is 0 Å². The predicted octanol–water partition coefficient (Wildman–Crippen LogP) is 6.73. The molecule has 1 aliphatic heterocycles. The Bertz CT molecular complexity index is 1590. The molecule has 0 atom stereocenters. The van der Waals surface area contributed by atoms with Gasteiger partial charge in [-0.2, -0.15) is 13.2 Å². The van der Waals surface area contributed by atoms with Crippen molar-refractivity contribution in [1.82, 2.24) is 14.4 Å². The molecule has 0 N–H and O–H groups in total. The molecule has 1 aliphatic rings. The summed E-state index contributed by atoms with van der Waals surface area (Å²) >= 11 is 6.57. The monoisotopic (exact) mass is 581 g/mol. The zero-order chi connectivity index (χ0) is 29.3. The summed E-state index contributed by atoms with van der Waals surface area (Å²) in [4.78, 5) is 29.9. The highest BCUT2D eigenvalue weighted by atomic mass is 35.5. The van der Waals surface area contributed by atoms with Gasteiger partial charge < -0.3 is 19.1 Å². The number of rotatable bonds is 5. The van der Waals surface area contributed by atoms with Crippen molar-refractivity contribution in [3.05, 3.63) is 106 Å². The number of halogens is 4. The normalized spacial score (nSPS) is 13.8. The number of nitrogens with zero attached hydrogens (tertiary/aromatic N) is 3. The van der Waals surface area contributed by atoms with Gasteiger partial charge in [-0.1, -0.05) is 29.8 Å². The van der Waals surface area contributed by atoms with Crippen LogP contribution in [0.25, 0.3) is 16.9 Å². The number of para-hydroxylation sites is 1. The Morgan fingerprint density at radius 1 is 0.829 bits per heavy atom. The number of hydrogen-bond acceptors (Lipinski definition) is 3. The summed E-state index contributed by atoms with van der Waals surface area (Å²) in [6.07, 6.45) is -4.54. The molecule has 212 valence electrons. The number of amides is 2. The number of piperazine rings is 1. The lowest BCUT2D eigenvalue weighted by Gasteiger charge is -2.35. The first-order valence-electron chi connectivity index (χ1n) is 13.0. The van der Waals surface area contributed by atoms with E-state index in [0.717, 1.165) is 29.1 Å². The third-order valence-electron chi connectivity index (χ3n) is 7.25. The molecule has 0 aliphatic carbocycles. The number of carbonyl (C=O) groups excluding carboxylic acids is 2. The first-order chi connectivity index (χ1) is 19.6. The quantitative estimate of drug-likeness (QED) is 0.263. The maximum absolute atomic E-state index is 13.8. The average Bonchev–Trinajstić information content (AvgIpc) is 3.33. The minimum Gasteiger partial charge on any atom is -0.497 e. The highest BCUT2D eigenvalue weighted by molar-refractivity contribution is 6.32. The molecule has 1 saturated heterocycles. The van der Waals surface area contributed by atoms with Gasteiger partial charge in [0.05, 0.1) is 34.6 Å². The molecular formula is C31H27ClF3N3O3. The van der Waals surface area contributed by atoms with Gasteiger partial charge in [-0.25, -0.2) is 0 Å². The van der Waals surface area contributed by atoms with Crippen molar-refractivity contribution in [1.29, 1.82) is 0 Å². The SMILES string of the molecule is COc1ccc(-c2cc(C(=O)N3CCN(C(=O)c4cccc(C(F)(F)F)c4)CC3)c(C)n2-c2ccccc2Cl)cc1. The third kappa shape index (κ3) is 5.67. The fraction of sp³-hybridized carbons (Fsp3) is 0.226. The summed E-state index contributed by atoms with van der Waals surface area (Å²) < 4.78 is 46.6. The fourth-order valence-electron chi connectivity index (χ4n) is 5.04. The second-order valence-electron chi connectivity index (χ2n) is 9.71. The van der Waals surface area contributed by atoms with Crippen LogP contribution in [0.5, 0.6) is 5.75 Å². The molecule has 2 heterocycles. The Kier molecular flexibility index (Phi) is 7.82. The van der Waals surface area contributed by atoms with E-state index < -0.39 is 17.6 Å². The van der Waals surface area contributed by atoms with Crippen molar-refractivity contribution >= 4 is 23.4 Å². The molecule has 1 fully saturated rings. The van der Waals surface area contributed by atoms with Crippen LogP contribution in [0.15, 0.2) is 78.9 Å². The zero-order valence-electron chi connectivity index (χ0n) is 22.4. The van der Waals surface area contributed by atoms with E-state index in [1.807, 2.05) is 60.0 Å². The van der Waals surface area contributed by atoms with E-state index in [0.29, 0.717) is 22.0 Å². The standard InChI is InChI=1S/C31H27ClF3N3O3/c1-20-25(19-28(21-10-12-24(41-2)13-11-21)38(20)27-9-4-3-8-26(27)32)30(40)37-16-14-36(15-17-37)29(39)22-6-5-7-23(18-22)31(33,34)35/h3-13,18-19H,14-17H2,1-2H3. The fourth-order valence-corrected chi connectivity index (χ4v) is 5.26. The molecule has 3 aromatic carbocycles. The highest BCUT2D eigenvalue weighted by Crippen LogP contribution is 2.34. The van der Waals surface area contributed by atoms with Crippen LogP contribution in [-0.4, -0.2) is 59.5 Å². The van der Waals surface area contributed by atoms with Crippen LogP contribution in [0.4, 0.5) is 13.2 Å². The Balaban J connectivity index is 1.40. The second-order valence-corrected chi connectivity index (χ2v) is 10.1. The number of carbonyl (C=O) groups is 2. The first-order valence-corrected chi connectivity index (χ1v) is 13.3. The lowest BCUT2D eigenvalue weighted by molar-refractivity contribution is -0.137. The summed E-state index contributed by atoms with van der Waals surface area (Å²) in [6.45, 7) is 2.76. The van der Waals surface area contributed by atoms with E-state index in [9.17, 15) is 22.8 Å². The number of hydrogen-bond donors (Lipinski definition) is 0. The molecule has 0 bridgehead atoms. The van der Waals surface area contributed by atoms with Crippen molar-refractivity contribution in [3.8, 4) is 22.7 Å². The lowest BCUT2D eigenvalue weighted by atomic mass is 10.1. The Hall–Kier alpha value is -4.24. The molecule has 5 rings (SSSR count). The minimum atomic E-state index is -4.54. The van der Waals surface area contributed by atoms with Crippen molar-refractivity contribution in [3.63, 3.8) is 0 Å². The Labute approximate surface area is 240 Å². The van der Waals surface area contributed by atoms with E-state index in [-0.39, 0.29) is 37.6 Å². The third-order valence-corrected chi connectivity index (χ3v) is 7.57. The molecule has 1 aromatic heterocycles. The van der Waals surface area contributed by atoms with E-state index in [4.69, 9.17) is 16.3 Å². The van der Waals surface area contributed by atoms with Crippen LogP contribution in [0.1, 0.15) is 32.0 Å². The molecule has 0 saturated carbocycles.